The Labute approximate surface area is 147 Å². The van der Waals surface area contributed by atoms with Crippen LogP contribution >= 0.6 is 12.4 Å². The number of nitrogens with one attached hydrogen (secondary N) is 1. The highest BCUT2D eigenvalue weighted by Crippen LogP contribution is 2.40. The average Bonchev–Trinajstić information content (AvgIpc) is 2.94. The lowest BCUT2D eigenvalue weighted by Gasteiger charge is -2.38. The molecule has 7 heteroatoms. The Hall–Kier alpha value is -1.37. The van der Waals surface area contributed by atoms with Crippen molar-refractivity contribution in [2.75, 3.05) is 6.54 Å². The number of halogens is 2. The number of benzene rings is 1. The summed E-state index contributed by atoms with van der Waals surface area (Å²) in [6.45, 7) is 4.28. The van der Waals surface area contributed by atoms with Crippen molar-refractivity contribution in [1.29, 1.82) is 0 Å². The van der Waals surface area contributed by atoms with E-state index in [4.69, 9.17) is 15.2 Å². The molecule has 1 amide bonds. The van der Waals surface area contributed by atoms with Gasteiger partial charge < -0.3 is 20.5 Å². The maximum absolute atomic E-state index is 13.5. The van der Waals surface area contributed by atoms with Crippen LogP contribution in [0.3, 0.4) is 0 Å². The number of hydrogen-bond donors (Lipinski definition) is 2. The van der Waals surface area contributed by atoms with Gasteiger partial charge in [-0.1, -0.05) is 6.07 Å². The molecule has 134 valence electrons. The van der Waals surface area contributed by atoms with Gasteiger partial charge in [0.2, 0.25) is 5.91 Å². The molecule has 3 rings (SSSR count). The van der Waals surface area contributed by atoms with Crippen molar-refractivity contribution >= 4 is 18.3 Å². The van der Waals surface area contributed by atoms with Gasteiger partial charge in [-0.25, -0.2) is 4.39 Å². The lowest BCUT2D eigenvalue weighted by molar-refractivity contribution is -0.133. The van der Waals surface area contributed by atoms with Gasteiger partial charge in [-0.05, 0) is 32.8 Å². The highest BCUT2D eigenvalue weighted by molar-refractivity contribution is 5.85. The molecule has 2 aliphatic rings. The Kier molecular flexibility index (Phi) is 5.73. The molecule has 0 aromatic heterocycles. The SMILES string of the molecule is CC1(C)CC(NC(=O)[C@@H]2CC[C@H](CN)O2)c2ccc(F)cc2O1.Cl. The van der Waals surface area contributed by atoms with E-state index in [9.17, 15) is 9.18 Å². The minimum atomic E-state index is -0.477. The van der Waals surface area contributed by atoms with Gasteiger partial charge in [0.05, 0.1) is 12.1 Å². The second-order valence-electron chi connectivity index (χ2n) is 6.87. The number of carbonyl (C=O) groups is 1. The highest BCUT2D eigenvalue weighted by atomic mass is 35.5. The smallest absolute Gasteiger partial charge is 0.249 e. The monoisotopic (exact) mass is 358 g/mol. The molecule has 2 heterocycles. The van der Waals surface area contributed by atoms with E-state index >= 15 is 0 Å². The van der Waals surface area contributed by atoms with E-state index in [2.05, 4.69) is 5.32 Å². The third kappa shape index (κ3) is 3.99. The fourth-order valence-electron chi connectivity index (χ4n) is 3.29. The zero-order chi connectivity index (χ0) is 16.6. The van der Waals surface area contributed by atoms with Crippen molar-refractivity contribution in [3.63, 3.8) is 0 Å². The molecule has 24 heavy (non-hydrogen) atoms. The second kappa shape index (κ2) is 7.25. The maximum atomic E-state index is 13.5. The van der Waals surface area contributed by atoms with Gasteiger partial charge in [-0.3, -0.25) is 4.79 Å². The third-order valence-corrected chi connectivity index (χ3v) is 4.41. The van der Waals surface area contributed by atoms with E-state index < -0.39 is 11.7 Å². The topological polar surface area (TPSA) is 73.6 Å². The van der Waals surface area contributed by atoms with Crippen LogP contribution in [0, 0.1) is 5.82 Å². The number of ether oxygens (including phenoxy) is 2. The number of nitrogens with two attached hydrogens (primary N) is 1. The average molecular weight is 359 g/mol. The number of hydrogen-bond acceptors (Lipinski definition) is 4. The van der Waals surface area contributed by atoms with Gasteiger partial charge in [0.25, 0.3) is 0 Å². The molecule has 0 spiro atoms. The van der Waals surface area contributed by atoms with Crippen LogP contribution < -0.4 is 15.8 Å². The fraction of sp³-hybridized carbons (Fsp3) is 0.588. The van der Waals surface area contributed by atoms with E-state index in [1.165, 1.54) is 12.1 Å². The van der Waals surface area contributed by atoms with Crippen LogP contribution in [0.25, 0.3) is 0 Å². The van der Waals surface area contributed by atoms with Crippen molar-refractivity contribution in [3.8, 4) is 5.75 Å². The minimum absolute atomic E-state index is 0. The fourth-order valence-corrected chi connectivity index (χ4v) is 3.29. The van der Waals surface area contributed by atoms with E-state index in [0.29, 0.717) is 25.1 Å². The van der Waals surface area contributed by atoms with Crippen molar-refractivity contribution in [3.05, 3.63) is 29.6 Å². The largest absolute Gasteiger partial charge is 0.487 e. The zero-order valence-corrected chi connectivity index (χ0v) is 14.7. The molecule has 0 aliphatic carbocycles. The molecule has 3 N–H and O–H groups in total. The normalized spacial score (nSPS) is 27.6. The number of rotatable bonds is 3. The summed E-state index contributed by atoms with van der Waals surface area (Å²) in [7, 11) is 0. The van der Waals surface area contributed by atoms with Crippen LogP contribution in [-0.2, 0) is 9.53 Å². The van der Waals surface area contributed by atoms with E-state index in [1.807, 2.05) is 13.8 Å². The Morgan fingerprint density at radius 2 is 2.17 bits per heavy atom. The zero-order valence-electron chi connectivity index (χ0n) is 13.9. The van der Waals surface area contributed by atoms with Crippen LogP contribution in [0.15, 0.2) is 18.2 Å². The summed E-state index contributed by atoms with van der Waals surface area (Å²) in [5, 5.41) is 3.03. The van der Waals surface area contributed by atoms with Crippen LogP contribution in [0.5, 0.6) is 5.75 Å². The maximum Gasteiger partial charge on any atom is 0.249 e. The van der Waals surface area contributed by atoms with Crippen LogP contribution in [-0.4, -0.2) is 30.3 Å². The summed E-state index contributed by atoms with van der Waals surface area (Å²) < 4.78 is 24.9. The number of amides is 1. The lowest BCUT2D eigenvalue weighted by Crippen LogP contribution is -2.44. The predicted octanol–water partition coefficient (Wildman–Crippen LogP) is 2.47. The Bertz CT molecular complexity index is 611. The first-order valence-corrected chi connectivity index (χ1v) is 8.02. The molecule has 1 saturated heterocycles. The van der Waals surface area contributed by atoms with Crippen LogP contribution in [0.4, 0.5) is 4.39 Å². The van der Waals surface area contributed by atoms with E-state index in [1.54, 1.807) is 6.07 Å². The van der Waals surface area contributed by atoms with Crippen LogP contribution in [0.2, 0.25) is 0 Å². The molecule has 3 atom stereocenters. The van der Waals surface area contributed by atoms with Crippen molar-refractivity contribution in [2.45, 2.75) is 57.0 Å². The minimum Gasteiger partial charge on any atom is -0.487 e. The quantitative estimate of drug-likeness (QED) is 0.870. The molecular formula is C17H24ClFN2O3. The molecule has 0 saturated carbocycles. The first-order chi connectivity index (χ1) is 10.9. The highest BCUT2D eigenvalue weighted by Gasteiger charge is 2.37. The third-order valence-electron chi connectivity index (χ3n) is 4.41. The predicted molar refractivity (Wildman–Crippen MR) is 90.8 cm³/mol. The molecular weight excluding hydrogens is 335 g/mol. The summed E-state index contributed by atoms with van der Waals surface area (Å²) in [6, 6.07) is 4.20. The van der Waals surface area contributed by atoms with Crippen molar-refractivity contribution < 1.29 is 18.7 Å². The van der Waals surface area contributed by atoms with Gasteiger partial charge in [0.15, 0.2) is 0 Å². The first kappa shape index (κ1) is 19.0. The summed E-state index contributed by atoms with van der Waals surface area (Å²) >= 11 is 0. The summed E-state index contributed by atoms with van der Waals surface area (Å²) in [4.78, 5) is 12.5. The number of fused-ring (bicyclic) bond motifs is 1. The Balaban J connectivity index is 0.00000208. The van der Waals surface area contributed by atoms with Crippen molar-refractivity contribution in [1.82, 2.24) is 5.32 Å². The van der Waals surface area contributed by atoms with Crippen molar-refractivity contribution in [2.24, 2.45) is 5.73 Å². The van der Waals surface area contributed by atoms with Gasteiger partial charge in [-0.2, -0.15) is 0 Å². The lowest BCUT2D eigenvalue weighted by atomic mass is 9.89. The molecule has 0 bridgehead atoms. The van der Waals surface area contributed by atoms with E-state index in [-0.39, 0.29) is 36.3 Å². The molecule has 1 unspecified atom stereocenters. The molecule has 0 radical (unpaired) electrons. The first-order valence-electron chi connectivity index (χ1n) is 8.02. The Morgan fingerprint density at radius 1 is 1.42 bits per heavy atom. The van der Waals surface area contributed by atoms with Gasteiger partial charge in [-0.15, -0.1) is 12.4 Å². The van der Waals surface area contributed by atoms with Gasteiger partial charge in [0.1, 0.15) is 23.3 Å². The molecule has 1 aromatic rings. The van der Waals surface area contributed by atoms with E-state index in [0.717, 1.165) is 12.0 Å². The molecule has 1 fully saturated rings. The van der Waals surface area contributed by atoms with Crippen LogP contribution in [0.1, 0.15) is 44.7 Å². The van der Waals surface area contributed by atoms with Gasteiger partial charge in [0, 0.05) is 24.6 Å². The summed E-state index contributed by atoms with van der Waals surface area (Å²) in [5.74, 6) is -0.00547. The number of carbonyl (C=O) groups excluding carboxylic acids is 1. The molecule has 1 aromatic carbocycles. The van der Waals surface area contributed by atoms with Gasteiger partial charge >= 0.3 is 0 Å². The standard InChI is InChI=1S/C17H23FN2O3.ClH/c1-17(2)8-13(12-5-3-10(18)7-15(12)23-17)20-16(21)14-6-4-11(9-19)22-14;/h3,5,7,11,13-14H,4,6,8-9,19H2,1-2H3,(H,20,21);1H/t11-,13?,14+;/m1./s1. The Morgan fingerprint density at radius 3 is 2.83 bits per heavy atom. The second-order valence-corrected chi connectivity index (χ2v) is 6.87. The summed E-state index contributed by atoms with van der Waals surface area (Å²) in [6.07, 6.45) is 1.59. The summed E-state index contributed by atoms with van der Waals surface area (Å²) in [5.41, 5.74) is 5.91. The molecule has 2 aliphatic heterocycles. The molecule has 5 nitrogen and oxygen atoms in total.